The Labute approximate surface area is 182 Å². The number of hydrogen-bond acceptors (Lipinski definition) is 5. The van der Waals surface area contributed by atoms with Crippen LogP contribution in [0.1, 0.15) is 50.3 Å². The zero-order chi connectivity index (χ0) is 21.6. The molecule has 1 saturated heterocycles. The van der Waals surface area contributed by atoms with Gasteiger partial charge in [-0.15, -0.1) is 0 Å². The van der Waals surface area contributed by atoms with E-state index in [1.807, 2.05) is 30.3 Å². The standard InChI is InChI=1S/C24H28ClNO4/c1-17(27)29-22(19-8-10-21(25)11-9-19)16-23(30-18(2)28)24(12-14-26-15-13-24)20-6-4-3-5-7-20/h3-11,22-23,26H,12-16H2,1-2H3. The predicted molar refractivity (Wildman–Crippen MR) is 116 cm³/mol. The molecular formula is C24H28ClNO4. The summed E-state index contributed by atoms with van der Waals surface area (Å²) in [6.45, 7) is 4.47. The van der Waals surface area contributed by atoms with E-state index in [9.17, 15) is 9.59 Å². The molecule has 160 valence electrons. The van der Waals surface area contributed by atoms with Gasteiger partial charge in [0.15, 0.2) is 0 Å². The minimum Gasteiger partial charge on any atom is -0.461 e. The molecule has 1 N–H and O–H groups in total. The summed E-state index contributed by atoms with van der Waals surface area (Å²) < 4.78 is 11.6. The van der Waals surface area contributed by atoms with Crippen LogP contribution in [0.15, 0.2) is 54.6 Å². The molecule has 0 amide bonds. The average molecular weight is 430 g/mol. The van der Waals surface area contributed by atoms with Gasteiger partial charge in [-0.05, 0) is 49.2 Å². The van der Waals surface area contributed by atoms with Crippen LogP contribution in [0.5, 0.6) is 0 Å². The monoisotopic (exact) mass is 429 g/mol. The molecule has 0 bridgehead atoms. The van der Waals surface area contributed by atoms with E-state index in [2.05, 4.69) is 17.4 Å². The van der Waals surface area contributed by atoms with Crippen LogP contribution in [0.2, 0.25) is 5.02 Å². The third kappa shape index (κ3) is 5.41. The lowest BCUT2D eigenvalue weighted by Crippen LogP contribution is -2.50. The molecule has 6 heteroatoms. The maximum Gasteiger partial charge on any atom is 0.303 e. The van der Waals surface area contributed by atoms with Gasteiger partial charge in [0.2, 0.25) is 0 Å². The Kier molecular flexibility index (Phi) is 7.51. The summed E-state index contributed by atoms with van der Waals surface area (Å²) in [6.07, 6.45) is 1.03. The van der Waals surface area contributed by atoms with Crippen LogP contribution in [0.25, 0.3) is 0 Å². The number of hydrogen-bond donors (Lipinski definition) is 1. The first-order chi connectivity index (χ1) is 14.4. The lowest BCUT2D eigenvalue weighted by Gasteiger charge is -2.44. The van der Waals surface area contributed by atoms with Gasteiger partial charge >= 0.3 is 11.9 Å². The molecule has 2 aromatic rings. The fraction of sp³-hybridized carbons (Fsp3) is 0.417. The summed E-state index contributed by atoms with van der Waals surface area (Å²) in [5.74, 6) is -0.720. The molecule has 1 aliphatic heterocycles. The minimum atomic E-state index is -0.542. The smallest absolute Gasteiger partial charge is 0.303 e. The second kappa shape index (κ2) is 10.1. The Hall–Kier alpha value is -2.37. The third-order valence-electron chi connectivity index (χ3n) is 5.75. The van der Waals surface area contributed by atoms with Crippen molar-refractivity contribution in [1.29, 1.82) is 0 Å². The maximum absolute atomic E-state index is 12.1. The molecule has 0 radical (unpaired) electrons. The molecule has 0 saturated carbocycles. The SMILES string of the molecule is CC(=O)OC(CC(OC(C)=O)C1(c2ccccc2)CCNCC1)c1ccc(Cl)cc1. The lowest BCUT2D eigenvalue weighted by atomic mass is 9.67. The maximum atomic E-state index is 12.1. The van der Waals surface area contributed by atoms with E-state index in [4.69, 9.17) is 21.1 Å². The molecule has 2 atom stereocenters. The van der Waals surface area contributed by atoms with Crippen molar-refractivity contribution < 1.29 is 19.1 Å². The van der Waals surface area contributed by atoms with Gasteiger partial charge in [-0.2, -0.15) is 0 Å². The second-order valence-corrected chi connectivity index (χ2v) is 8.19. The number of nitrogens with one attached hydrogen (secondary N) is 1. The largest absolute Gasteiger partial charge is 0.461 e. The van der Waals surface area contributed by atoms with Crippen LogP contribution in [0, 0.1) is 0 Å². The van der Waals surface area contributed by atoms with Gasteiger partial charge in [0.25, 0.3) is 0 Å². The highest BCUT2D eigenvalue weighted by Gasteiger charge is 2.45. The fourth-order valence-electron chi connectivity index (χ4n) is 4.35. The first kappa shape index (κ1) is 22.3. The highest BCUT2D eigenvalue weighted by Crippen LogP contribution is 2.42. The van der Waals surface area contributed by atoms with Crippen LogP contribution in [-0.2, 0) is 24.5 Å². The van der Waals surface area contributed by atoms with E-state index in [-0.39, 0.29) is 17.4 Å². The van der Waals surface area contributed by atoms with E-state index in [1.54, 1.807) is 12.1 Å². The van der Waals surface area contributed by atoms with Crippen LogP contribution in [-0.4, -0.2) is 31.1 Å². The van der Waals surface area contributed by atoms with Crippen LogP contribution in [0.4, 0.5) is 0 Å². The topological polar surface area (TPSA) is 64.6 Å². The number of rotatable bonds is 7. The van der Waals surface area contributed by atoms with Gasteiger partial charge in [-0.3, -0.25) is 9.59 Å². The molecule has 0 aromatic heterocycles. The fourth-order valence-corrected chi connectivity index (χ4v) is 4.48. The predicted octanol–water partition coefficient (Wildman–Crippen LogP) is 4.59. The normalized spacial score (nSPS) is 17.6. The number of ether oxygens (including phenoxy) is 2. The van der Waals surface area contributed by atoms with Crippen LogP contribution < -0.4 is 5.32 Å². The van der Waals surface area contributed by atoms with Crippen LogP contribution in [0.3, 0.4) is 0 Å². The van der Waals surface area contributed by atoms with E-state index >= 15 is 0 Å². The summed E-state index contributed by atoms with van der Waals surface area (Å²) in [5.41, 5.74) is 1.60. The van der Waals surface area contributed by atoms with Gasteiger partial charge in [0.05, 0.1) is 0 Å². The lowest BCUT2D eigenvalue weighted by molar-refractivity contribution is -0.158. The van der Waals surface area contributed by atoms with E-state index in [1.165, 1.54) is 13.8 Å². The van der Waals surface area contributed by atoms with E-state index < -0.39 is 12.2 Å². The van der Waals surface area contributed by atoms with Crippen molar-refractivity contribution in [2.45, 2.75) is 50.7 Å². The number of carbonyl (C=O) groups excluding carboxylic acids is 2. The molecule has 2 aromatic carbocycles. The highest BCUT2D eigenvalue weighted by atomic mass is 35.5. The summed E-state index contributed by atoms with van der Waals surface area (Å²) in [7, 11) is 0. The van der Waals surface area contributed by atoms with Crippen molar-refractivity contribution in [1.82, 2.24) is 5.32 Å². The van der Waals surface area contributed by atoms with Crippen LogP contribution >= 0.6 is 11.6 Å². The van der Waals surface area contributed by atoms with Gasteiger partial charge in [-0.1, -0.05) is 54.1 Å². The second-order valence-electron chi connectivity index (χ2n) is 7.76. The zero-order valence-electron chi connectivity index (χ0n) is 17.4. The summed E-state index contributed by atoms with van der Waals surface area (Å²) in [4.78, 5) is 24.0. The first-order valence-electron chi connectivity index (χ1n) is 10.3. The van der Waals surface area contributed by atoms with E-state index in [0.717, 1.165) is 37.1 Å². The molecule has 1 heterocycles. The van der Waals surface area contributed by atoms with Gasteiger partial charge < -0.3 is 14.8 Å². The molecule has 5 nitrogen and oxygen atoms in total. The molecule has 1 fully saturated rings. The van der Waals surface area contributed by atoms with Crippen molar-refractivity contribution >= 4 is 23.5 Å². The third-order valence-corrected chi connectivity index (χ3v) is 6.00. The van der Waals surface area contributed by atoms with Gasteiger partial charge in [0.1, 0.15) is 12.2 Å². The molecule has 1 aliphatic rings. The summed E-state index contributed by atoms with van der Waals surface area (Å²) in [5, 5.41) is 4.01. The molecule has 30 heavy (non-hydrogen) atoms. The molecular weight excluding hydrogens is 402 g/mol. The Morgan fingerprint density at radius 3 is 2.13 bits per heavy atom. The number of benzene rings is 2. The Balaban J connectivity index is 2.00. The number of halogens is 1. The molecule has 0 aliphatic carbocycles. The Bertz CT molecular complexity index is 847. The van der Waals surface area contributed by atoms with E-state index in [0.29, 0.717) is 11.4 Å². The number of carbonyl (C=O) groups is 2. The molecule has 0 spiro atoms. The van der Waals surface area contributed by atoms with Crippen molar-refractivity contribution in [3.05, 3.63) is 70.7 Å². The first-order valence-corrected chi connectivity index (χ1v) is 10.6. The van der Waals surface area contributed by atoms with Gasteiger partial charge in [0, 0.05) is 30.7 Å². The summed E-state index contributed by atoms with van der Waals surface area (Å²) >= 11 is 6.04. The van der Waals surface area contributed by atoms with Crippen molar-refractivity contribution in [2.24, 2.45) is 0 Å². The van der Waals surface area contributed by atoms with Crippen molar-refractivity contribution in [3.63, 3.8) is 0 Å². The van der Waals surface area contributed by atoms with Crippen molar-refractivity contribution in [2.75, 3.05) is 13.1 Å². The minimum absolute atomic E-state index is 0.341. The quantitative estimate of drug-likeness (QED) is 0.652. The molecule has 3 rings (SSSR count). The number of piperidine rings is 1. The zero-order valence-corrected chi connectivity index (χ0v) is 18.2. The highest BCUT2D eigenvalue weighted by molar-refractivity contribution is 6.30. The van der Waals surface area contributed by atoms with Crippen molar-refractivity contribution in [3.8, 4) is 0 Å². The molecule has 2 unspecified atom stereocenters. The summed E-state index contributed by atoms with van der Waals surface area (Å²) in [6, 6.07) is 17.4. The number of esters is 2. The van der Waals surface area contributed by atoms with Gasteiger partial charge in [-0.25, -0.2) is 0 Å². The average Bonchev–Trinajstić information content (AvgIpc) is 2.74. The Morgan fingerprint density at radius 1 is 0.967 bits per heavy atom. The Morgan fingerprint density at radius 2 is 1.57 bits per heavy atom.